The number of nitrogen functional groups attached to an aromatic ring is 1. The van der Waals surface area contributed by atoms with Crippen LogP contribution in [0.25, 0.3) is 0 Å². The molecule has 0 heterocycles. The Labute approximate surface area is 108 Å². The lowest BCUT2D eigenvalue weighted by molar-refractivity contribution is 0.244. The topological polar surface area (TPSA) is 29.3 Å². The molecular formula is C14H19ClN2. The monoisotopic (exact) mass is 250 g/mol. The third kappa shape index (κ3) is 2.93. The summed E-state index contributed by atoms with van der Waals surface area (Å²) in [6.07, 6.45) is 5.55. The Hall–Kier alpha value is -0.730. The van der Waals surface area contributed by atoms with Gasteiger partial charge >= 0.3 is 0 Å². The predicted octanol–water partition coefficient (Wildman–Crippen LogP) is 3.30. The molecule has 0 atom stereocenters. The third-order valence-electron chi connectivity index (χ3n) is 3.73. The van der Waals surface area contributed by atoms with Gasteiger partial charge in [-0.2, -0.15) is 0 Å². The minimum atomic E-state index is 0.728. The van der Waals surface area contributed by atoms with Crippen LogP contribution in [-0.4, -0.2) is 17.5 Å². The molecule has 2 aliphatic rings. The largest absolute Gasteiger partial charge is 0.398 e. The number of nitrogens with zero attached hydrogens (tertiary/aromatic N) is 1. The molecule has 2 saturated carbocycles. The molecule has 0 amide bonds. The fourth-order valence-electron chi connectivity index (χ4n) is 2.34. The maximum absolute atomic E-state index is 6.03. The summed E-state index contributed by atoms with van der Waals surface area (Å²) in [5, 5.41) is 0.728. The van der Waals surface area contributed by atoms with Gasteiger partial charge in [0.05, 0.1) is 0 Å². The highest BCUT2D eigenvalue weighted by Gasteiger charge is 2.33. The molecule has 0 unspecified atom stereocenters. The molecule has 92 valence electrons. The summed E-state index contributed by atoms with van der Waals surface area (Å²) in [6.45, 7) is 2.25. The van der Waals surface area contributed by atoms with Gasteiger partial charge in [-0.15, -0.1) is 0 Å². The number of halogens is 1. The Balaban J connectivity index is 1.69. The van der Waals surface area contributed by atoms with Crippen LogP contribution in [0, 0.1) is 5.92 Å². The number of rotatable bonds is 5. The molecule has 2 aliphatic carbocycles. The zero-order chi connectivity index (χ0) is 11.8. The summed E-state index contributed by atoms with van der Waals surface area (Å²) in [6, 6.07) is 6.68. The van der Waals surface area contributed by atoms with E-state index in [4.69, 9.17) is 17.3 Å². The summed E-state index contributed by atoms with van der Waals surface area (Å²) < 4.78 is 0. The van der Waals surface area contributed by atoms with Crippen molar-refractivity contribution in [2.45, 2.75) is 38.3 Å². The van der Waals surface area contributed by atoms with E-state index in [1.54, 1.807) is 0 Å². The van der Waals surface area contributed by atoms with Crippen molar-refractivity contribution in [3.8, 4) is 0 Å². The smallest absolute Gasteiger partial charge is 0.0426 e. The van der Waals surface area contributed by atoms with Crippen molar-refractivity contribution in [2.24, 2.45) is 5.92 Å². The second-order valence-corrected chi connectivity index (χ2v) is 5.88. The molecule has 2 nitrogen and oxygen atoms in total. The van der Waals surface area contributed by atoms with Crippen LogP contribution >= 0.6 is 11.6 Å². The van der Waals surface area contributed by atoms with E-state index in [1.165, 1.54) is 37.8 Å². The van der Waals surface area contributed by atoms with Gasteiger partial charge in [0, 0.05) is 29.8 Å². The molecule has 3 heteroatoms. The van der Waals surface area contributed by atoms with E-state index in [0.717, 1.165) is 29.2 Å². The van der Waals surface area contributed by atoms with Crippen molar-refractivity contribution in [1.29, 1.82) is 0 Å². The van der Waals surface area contributed by atoms with E-state index in [0.29, 0.717) is 0 Å². The lowest BCUT2D eigenvalue weighted by Crippen LogP contribution is -2.28. The summed E-state index contributed by atoms with van der Waals surface area (Å²) in [7, 11) is 0. The summed E-state index contributed by atoms with van der Waals surface area (Å²) in [4.78, 5) is 2.61. The zero-order valence-electron chi connectivity index (χ0n) is 10.0. The molecule has 0 radical (unpaired) electrons. The van der Waals surface area contributed by atoms with Crippen molar-refractivity contribution in [3.05, 3.63) is 28.8 Å². The number of hydrogen-bond donors (Lipinski definition) is 1. The van der Waals surface area contributed by atoms with Gasteiger partial charge in [-0.25, -0.2) is 0 Å². The average molecular weight is 251 g/mol. The van der Waals surface area contributed by atoms with Crippen LogP contribution in [-0.2, 0) is 6.54 Å². The summed E-state index contributed by atoms with van der Waals surface area (Å²) in [5.74, 6) is 0.948. The second kappa shape index (κ2) is 4.51. The van der Waals surface area contributed by atoms with Crippen LogP contribution in [0.15, 0.2) is 18.2 Å². The van der Waals surface area contributed by atoms with Gasteiger partial charge in [0.25, 0.3) is 0 Å². The first-order chi connectivity index (χ1) is 8.22. The minimum absolute atomic E-state index is 0.728. The molecule has 0 aromatic heterocycles. The highest BCUT2D eigenvalue weighted by Crippen LogP contribution is 2.36. The van der Waals surface area contributed by atoms with Crippen molar-refractivity contribution in [1.82, 2.24) is 4.90 Å². The minimum Gasteiger partial charge on any atom is -0.398 e. The van der Waals surface area contributed by atoms with Crippen molar-refractivity contribution < 1.29 is 0 Å². The maximum Gasteiger partial charge on any atom is 0.0426 e. The van der Waals surface area contributed by atoms with Gasteiger partial charge in [0.15, 0.2) is 0 Å². The summed E-state index contributed by atoms with van der Waals surface area (Å²) in [5.41, 5.74) is 8.08. The van der Waals surface area contributed by atoms with Gasteiger partial charge in [-0.1, -0.05) is 17.7 Å². The van der Waals surface area contributed by atoms with Crippen LogP contribution < -0.4 is 5.73 Å². The SMILES string of the molecule is Nc1cc(Cl)ccc1CN(CC1CC1)C1CC1. The zero-order valence-corrected chi connectivity index (χ0v) is 10.8. The standard InChI is InChI=1S/C14H19ClN2/c15-12-4-3-11(14(16)7-12)9-17(13-5-6-13)8-10-1-2-10/h3-4,7,10,13H,1-2,5-6,8-9,16H2. The lowest BCUT2D eigenvalue weighted by Gasteiger charge is -2.22. The van der Waals surface area contributed by atoms with E-state index >= 15 is 0 Å². The Morgan fingerprint density at radius 1 is 1.24 bits per heavy atom. The molecule has 17 heavy (non-hydrogen) atoms. The van der Waals surface area contributed by atoms with Gasteiger partial charge in [-0.3, -0.25) is 4.90 Å². The van der Waals surface area contributed by atoms with Crippen molar-refractivity contribution in [3.63, 3.8) is 0 Å². The first-order valence-corrected chi connectivity index (χ1v) is 6.88. The second-order valence-electron chi connectivity index (χ2n) is 5.45. The fourth-order valence-corrected chi connectivity index (χ4v) is 2.52. The van der Waals surface area contributed by atoms with E-state index < -0.39 is 0 Å². The maximum atomic E-state index is 6.03. The Kier molecular flexibility index (Phi) is 3.01. The summed E-state index contributed by atoms with van der Waals surface area (Å²) >= 11 is 5.93. The highest BCUT2D eigenvalue weighted by molar-refractivity contribution is 6.30. The van der Waals surface area contributed by atoms with Gasteiger partial charge in [0.1, 0.15) is 0 Å². The molecule has 2 N–H and O–H groups in total. The lowest BCUT2D eigenvalue weighted by atomic mass is 10.1. The average Bonchev–Trinajstić information content (AvgIpc) is 3.14. The molecule has 0 bridgehead atoms. The Morgan fingerprint density at radius 3 is 2.59 bits per heavy atom. The number of nitrogens with two attached hydrogens (primary N) is 1. The molecule has 0 aliphatic heterocycles. The Bertz CT molecular complexity index is 411. The highest BCUT2D eigenvalue weighted by atomic mass is 35.5. The molecule has 2 fully saturated rings. The molecule has 0 spiro atoms. The van der Waals surface area contributed by atoms with Gasteiger partial charge in [-0.05, 0) is 49.3 Å². The molecule has 1 aromatic carbocycles. The predicted molar refractivity (Wildman–Crippen MR) is 72.0 cm³/mol. The molecular weight excluding hydrogens is 232 g/mol. The van der Waals surface area contributed by atoms with Crippen LogP contribution in [0.1, 0.15) is 31.2 Å². The van der Waals surface area contributed by atoms with E-state index in [9.17, 15) is 0 Å². The third-order valence-corrected chi connectivity index (χ3v) is 3.97. The number of benzene rings is 1. The van der Waals surface area contributed by atoms with E-state index in [-0.39, 0.29) is 0 Å². The van der Waals surface area contributed by atoms with Crippen LogP contribution in [0.2, 0.25) is 5.02 Å². The molecule has 3 rings (SSSR count). The van der Waals surface area contributed by atoms with Crippen LogP contribution in [0.5, 0.6) is 0 Å². The molecule has 1 aromatic rings. The quantitative estimate of drug-likeness (QED) is 0.813. The van der Waals surface area contributed by atoms with Gasteiger partial charge in [0.2, 0.25) is 0 Å². The van der Waals surface area contributed by atoms with E-state index in [2.05, 4.69) is 11.0 Å². The van der Waals surface area contributed by atoms with Crippen LogP contribution in [0.3, 0.4) is 0 Å². The first kappa shape index (κ1) is 11.4. The molecule has 0 saturated heterocycles. The van der Waals surface area contributed by atoms with E-state index in [1.807, 2.05) is 12.1 Å². The first-order valence-electron chi connectivity index (χ1n) is 6.50. The van der Waals surface area contributed by atoms with Gasteiger partial charge < -0.3 is 5.73 Å². The van der Waals surface area contributed by atoms with Crippen LogP contribution in [0.4, 0.5) is 5.69 Å². The fraction of sp³-hybridized carbons (Fsp3) is 0.571. The van der Waals surface area contributed by atoms with Crippen molar-refractivity contribution in [2.75, 3.05) is 12.3 Å². The number of hydrogen-bond acceptors (Lipinski definition) is 2. The number of anilines is 1. The Morgan fingerprint density at radius 2 is 2.00 bits per heavy atom. The normalized spacial score (nSPS) is 19.9. The van der Waals surface area contributed by atoms with Crippen molar-refractivity contribution >= 4 is 17.3 Å².